The van der Waals surface area contributed by atoms with E-state index in [0.717, 1.165) is 42.5 Å². The molecule has 144 valence electrons. The molecule has 0 saturated heterocycles. The van der Waals surface area contributed by atoms with E-state index < -0.39 is 5.91 Å². The summed E-state index contributed by atoms with van der Waals surface area (Å²) in [5.74, 6) is 5.55. The van der Waals surface area contributed by atoms with Gasteiger partial charge in [-0.3, -0.25) is 9.89 Å². The predicted octanol–water partition coefficient (Wildman–Crippen LogP) is 2.43. The normalized spacial score (nSPS) is 16.8. The summed E-state index contributed by atoms with van der Waals surface area (Å²) in [6, 6.07) is 3.59. The highest BCUT2D eigenvalue weighted by molar-refractivity contribution is 6.32. The molecule has 2 aromatic rings. The molecule has 0 bridgehead atoms. The molecule has 1 fully saturated rings. The van der Waals surface area contributed by atoms with Crippen molar-refractivity contribution in [2.45, 2.75) is 25.7 Å². The predicted molar refractivity (Wildman–Crippen MR) is 111 cm³/mol. The first-order chi connectivity index (χ1) is 13.4. The molecular formula is C20H21ClN6O. The third kappa shape index (κ3) is 2.86. The number of aromatic amines is 1. The number of nitrogen functional groups attached to an aromatic ring is 1. The summed E-state index contributed by atoms with van der Waals surface area (Å²) in [7, 11) is 1.64. The number of allylic oxidation sites excluding steroid dienone is 2. The summed E-state index contributed by atoms with van der Waals surface area (Å²) < 4.78 is 0. The number of halogens is 1. The highest BCUT2D eigenvalue weighted by Gasteiger charge is 2.50. The summed E-state index contributed by atoms with van der Waals surface area (Å²) in [5.41, 5.74) is 22.8. The third-order valence-corrected chi connectivity index (χ3v) is 5.87. The van der Waals surface area contributed by atoms with Crippen molar-refractivity contribution >= 4 is 34.6 Å². The number of aromatic nitrogens is 2. The number of rotatable bonds is 3. The van der Waals surface area contributed by atoms with Crippen LogP contribution < -0.4 is 22.5 Å². The average Bonchev–Trinajstić information content (AvgIpc) is 3.19. The van der Waals surface area contributed by atoms with Gasteiger partial charge >= 0.3 is 0 Å². The van der Waals surface area contributed by atoms with Gasteiger partial charge in [-0.1, -0.05) is 17.5 Å². The lowest BCUT2D eigenvalue weighted by Crippen LogP contribution is -2.13. The van der Waals surface area contributed by atoms with Crippen LogP contribution in [0, 0.1) is 17.3 Å². The Labute approximate surface area is 167 Å². The fourth-order valence-corrected chi connectivity index (χ4v) is 4.17. The maximum Gasteiger partial charge on any atom is 0.255 e. The van der Waals surface area contributed by atoms with Crippen LogP contribution in [0.4, 0.5) is 11.5 Å². The van der Waals surface area contributed by atoms with E-state index in [4.69, 9.17) is 28.8 Å². The SMILES string of the molecule is CNc1n[nH]c(C#Cc2cc(N)c(C3=C(N)CCC34CC4)cc2Cl)c1C(N)=O. The van der Waals surface area contributed by atoms with Crippen LogP contribution in [-0.4, -0.2) is 23.2 Å². The van der Waals surface area contributed by atoms with Crippen molar-refractivity contribution in [1.29, 1.82) is 0 Å². The van der Waals surface area contributed by atoms with E-state index in [1.165, 1.54) is 0 Å². The van der Waals surface area contributed by atoms with Crippen molar-refractivity contribution in [2.24, 2.45) is 16.9 Å². The first-order valence-electron chi connectivity index (χ1n) is 9.03. The molecule has 8 N–H and O–H groups in total. The molecule has 1 saturated carbocycles. The number of benzene rings is 1. The van der Waals surface area contributed by atoms with Gasteiger partial charge in [0.1, 0.15) is 11.3 Å². The van der Waals surface area contributed by atoms with Crippen molar-refractivity contribution in [2.75, 3.05) is 18.1 Å². The van der Waals surface area contributed by atoms with E-state index in [2.05, 4.69) is 27.4 Å². The highest BCUT2D eigenvalue weighted by atomic mass is 35.5. The van der Waals surface area contributed by atoms with Crippen LogP contribution in [0.3, 0.4) is 0 Å². The van der Waals surface area contributed by atoms with Gasteiger partial charge < -0.3 is 22.5 Å². The molecule has 28 heavy (non-hydrogen) atoms. The Hall–Kier alpha value is -3.11. The van der Waals surface area contributed by atoms with Gasteiger partial charge in [0.2, 0.25) is 0 Å². The molecule has 0 aliphatic heterocycles. The van der Waals surface area contributed by atoms with Gasteiger partial charge in [0.15, 0.2) is 5.82 Å². The lowest BCUT2D eigenvalue weighted by atomic mass is 9.90. The zero-order valence-electron chi connectivity index (χ0n) is 15.4. The average molecular weight is 397 g/mol. The van der Waals surface area contributed by atoms with Crippen molar-refractivity contribution in [3.63, 3.8) is 0 Å². The van der Waals surface area contributed by atoms with Gasteiger partial charge in [-0.25, -0.2) is 0 Å². The van der Waals surface area contributed by atoms with Gasteiger partial charge in [-0.05, 0) is 54.7 Å². The first kappa shape index (κ1) is 18.3. The highest BCUT2D eigenvalue weighted by Crippen LogP contribution is 2.64. The number of amides is 1. The molecule has 1 aromatic heterocycles. The molecule has 2 aliphatic carbocycles. The number of anilines is 2. The van der Waals surface area contributed by atoms with E-state index in [0.29, 0.717) is 27.8 Å². The summed E-state index contributed by atoms with van der Waals surface area (Å²) in [5, 5.41) is 9.97. The van der Waals surface area contributed by atoms with Crippen molar-refractivity contribution < 1.29 is 4.79 Å². The molecule has 0 radical (unpaired) electrons. The Bertz CT molecular complexity index is 1080. The molecule has 1 aromatic carbocycles. The monoisotopic (exact) mass is 396 g/mol. The second-order valence-electron chi connectivity index (χ2n) is 7.29. The largest absolute Gasteiger partial charge is 0.402 e. The molecule has 2 aliphatic rings. The first-order valence-corrected chi connectivity index (χ1v) is 9.40. The van der Waals surface area contributed by atoms with E-state index in [1.54, 1.807) is 13.1 Å². The number of nitrogens with zero attached hydrogens (tertiary/aromatic N) is 1. The summed E-state index contributed by atoms with van der Waals surface area (Å²) in [6.07, 6.45) is 4.27. The van der Waals surface area contributed by atoms with Crippen LogP contribution in [0.25, 0.3) is 5.57 Å². The molecule has 1 amide bonds. The Balaban J connectivity index is 1.72. The quantitative estimate of drug-likeness (QED) is 0.401. The Morgan fingerprint density at radius 2 is 2.04 bits per heavy atom. The van der Waals surface area contributed by atoms with E-state index in [9.17, 15) is 4.79 Å². The number of nitrogens with one attached hydrogen (secondary N) is 2. The van der Waals surface area contributed by atoms with Gasteiger partial charge in [0.05, 0.1) is 5.02 Å². The second-order valence-corrected chi connectivity index (χ2v) is 7.69. The number of hydrogen-bond acceptors (Lipinski definition) is 5. The fraction of sp³-hybridized carbons (Fsp3) is 0.300. The number of H-pyrrole nitrogens is 1. The fourth-order valence-electron chi connectivity index (χ4n) is 3.96. The molecule has 8 heteroatoms. The van der Waals surface area contributed by atoms with E-state index >= 15 is 0 Å². The summed E-state index contributed by atoms with van der Waals surface area (Å²) in [4.78, 5) is 11.7. The van der Waals surface area contributed by atoms with Crippen LogP contribution in [0.1, 0.15) is 52.9 Å². The third-order valence-electron chi connectivity index (χ3n) is 5.56. The molecule has 1 heterocycles. The lowest BCUT2D eigenvalue weighted by Gasteiger charge is -2.16. The zero-order valence-corrected chi connectivity index (χ0v) is 16.2. The molecule has 1 spiro atoms. The van der Waals surface area contributed by atoms with E-state index in [1.807, 2.05) is 6.07 Å². The molecular weight excluding hydrogens is 376 g/mol. The topological polar surface area (TPSA) is 136 Å². The molecule has 4 rings (SSSR count). The maximum atomic E-state index is 11.7. The number of carbonyl (C=O) groups is 1. The van der Waals surface area contributed by atoms with Crippen molar-refractivity contribution in [3.8, 4) is 11.8 Å². The Morgan fingerprint density at radius 3 is 2.68 bits per heavy atom. The minimum Gasteiger partial charge on any atom is -0.402 e. The number of carbonyl (C=O) groups excluding carboxylic acids is 1. The number of nitrogens with two attached hydrogens (primary N) is 3. The Kier molecular flexibility index (Phi) is 4.24. The standard InChI is InChI=1S/C20H21ClN6O/c1-25-19-16(18(24)28)15(26-27-19)3-2-10-8-14(23)11(9-12(10)21)17-13(22)4-5-20(17)6-7-20/h8-9H,4-7,22-23H2,1H3,(H2,24,28)(H2,25,26,27). The zero-order chi connectivity index (χ0) is 20.1. The van der Waals surface area contributed by atoms with Crippen LogP contribution >= 0.6 is 11.6 Å². The van der Waals surface area contributed by atoms with Crippen LogP contribution in [0.15, 0.2) is 17.8 Å². The molecule has 7 nitrogen and oxygen atoms in total. The molecule has 0 unspecified atom stereocenters. The van der Waals surface area contributed by atoms with Crippen molar-refractivity contribution in [3.05, 3.63) is 45.2 Å². The number of primary amides is 1. The van der Waals surface area contributed by atoms with Crippen LogP contribution in [0.2, 0.25) is 5.02 Å². The van der Waals surface area contributed by atoms with Gasteiger partial charge in [0, 0.05) is 29.6 Å². The minimum atomic E-state index is -0.623. The van der Waals surface area contributed by atoms with Crippen LogP contribution in [-0.2, 0) is 0 Å². The second kappa shape index (κ2) is 6.50. The molecule has 0 atom stereocenters. The van der Waals surface area contributed by atoms with E-state index in [-0.39, 0.29) is 11.0 Å². The van der Waals surface area contributed by atoms with Crippen molar-refractivity contribution in [1.82, 2.24) is 10.2 Å². The maximum absolute atomic E-state index is 11.7. The van der Waals surface area contributed by atoms with Gasteiger partial charge in [0.25, 0.3) is 5.91 Å². The van der Waals surface area contributed by atoms with Gasteiger partial charge in [-0.15, -0.1) is 0 Å². The summed E-state index contributed by atoms with van der Waals surface area (Å²) in [6.45, 7) is 0. The van der Waals surface area contributed by atoms with Crippen LogP contribution in [0.5, 0.6) is 0 Å². The lowest BCUT2D eigenvalue weighted by molar-refractivity contribution is 0.100. The summed E-state index contributed by atoms with van der Waals surface area (Å²) >= 11 is 6.49. The number of hydrogen-bond donors (Lipinski definition) is 5. The smallest absolute Gasteiger partial charge is 0.255 e. The van der Waals surface area contributed by atoms with Gasteiger partial charge in [-0.2, -0.15) is 5.10 Å². The minimum absolute atomic E-state index is 0.185. The Morgan fingerprint density at radius 1 is 1.29 bits per heavy atom.